The molecule has 0 unspecified atom stereocenters. The number of halogens is 1. The van der Waals surface area contributed by atoms with Crippen molar-refractivity contribution in [2.24, 2.45) is 5.92 Å². The summed E-state index contributed by atoms with van der Waals surface area (Å²) < 4.78 is 14.6. The van der Waals surface area contributed by atoms with Gasteiger partial charge < -0.3 is 20.0 Å². The normalized spacial score (nSPS) is 18.3. The maximum atomic E-state index is 14.6. The zero-order valence-electron chi connectivity index (χ0n) is 17.7. The van der Waals surface area contributed by atoms with E-state index in [2.05, 4.69) is 5.32 Å². The number of carbonyl (C=O) groups is 3. The molecule has 0 atom stereocenters. The molecule has 0 bridgehead atoms. The molecule has 1 saturated heterocycles. The third kappa shape index (κ3) is 3.92. The molecular formula is C24H25FN4O3. The summed E-state index contributed by atoms with van der Waals surface area (Å²) in [6.07, 6.45) is 1.92. The van der Waals surface area contributed by atoms with Crippen LogP contribution in [0.5, 0.6) is 0 Å². The van der Waals surface area contributed by atoms with E-state index < -0.39 is 5.82 Å². The highest BCUT2D eigenvalue weighted by Crippen LogP contribution is 2.31. The number of fused-ring (bicyclic) bond motifs is 1. The van der Waals surface area contributed by atoms with Crippen LogP contribution in [0.1, 0.15) is 39.1 Å². The minimum atomic E-state index is -0.553. The summed E-state index contributed by atoms with van der Waals surface area (Å²) in [5.41, 5.74) is 2.22. The molecule has 2 fully saturated rings. The standard InChI is InChI=1S/C24H25FN4O3/c25-20-8-5-16(14-29-15-26-22(30)18-3-1-2-4-21(18)29)13-19(20)24(32)28-11-9-27(10-12-28)23(31)17-6-7-17/h1-5,8,13,17H,6-7,9-12,14-15H2,(H,26,30). The van der Waals surface area contributed by atoms with Crippen molar-refractivity contribution in [2.45, 2.75) is 19.4 Å². The Morgan fingerprint density at radius 2 is 1.72 bits per heavy atom. The molecule has 0 radical (unpaired) electrons. The van der Waals surface area contributed by atoms with Gasteiger partial charge in [0.1, 0.15) is 5.82 Å². The van der Waals surface area contributed by atoms with Crippen LogP contribution in [0.15, 0.2) is 42.5 Å². The molecule has 5 rings (SSSR count). The predicted octanol–water partition coefficient (Wildman–Crippen LogP) is 2.23. The molecule has 32 heavy (non-hydrogen) atoms. The number of benzene rings is 2. The molecule has 3 aliphatic rings. The summed E-state index contributed by atoms with van der Waals surface area (Å²) in [5.74, 6) is -0.681. The number of rotatable bonds is 4. The number of para-hydroxylation sites is 1. The van der Waals surface area contributed by atoms with Crippen molar-refractivity contribution < 1.29 is 18.8 Å². The molecule has 7 nitrogen and oxygen atoms in total. The highest BCUT2D eigenvalue weighted by atomic mass is 19.1. The van der Waals surface area contributed by atoms with E-state index in [4.69, 9.17) is 0 Å². The highest BCUT2D eigenvalue weighted by molar-refractivity contribution is 6.01. The average molecular weight is 436 g/mol. The van der Waals surface area contributed by atoms with Crippen LogP contribution in [0, 0.1) is 11.7 Å². The second-order valence-corrected chi connectivity index (χ2v) is 8.59. The van der Waals surface area contributed by atoms with Crippen LogP contribution in [0.3, 0.4) is 0 Å². The first kappa shape index (κ1) is 20.5. The Balaban J connectivity index is 1.29. The summed E-state index contributed by atoms with van der Waals surface area (Å²) >= 11 is 0. The van der Waals surface area contributed by atoms with Gasteiger partial charge >= 0.3 is 0 Å². The lowest BCUT2D eigenvalue weighted by Crippen LogP contribution is -2.51. The van der Waals surface area contributed by atoms with Crippen LogP contribution < -0.4 is 10.2 Å². The van der Waals surface area contributed by atoms with Crippen LogP contribution in [0.25, 0.3) is 0 Å². The van der Waals surface area contributed by atoms with Crippen molar-refractivity contribution in [1.29, 1.82) is 0 Å². The SMILES string of the molecule is O=C1NCN(Cc2ccc(F)c(C(=O)N3CCN(C(=O)C4CC4)CC3)c2)c2ccccc21. The summed E-state index contributed by atoms with van der Waals surface area (Å²) in [4.78, 5) is 42.8. The van der Waals surface area contributed by atoms with Gasteiger partial charge in [-0.25, -0.2) is 4.39 Å². The third-order valence-electron chi connectivity index (χ3n) is 6.36. The van der Waals surface area contributed by atoms with E-state index in [-0.39, 0.29) is 29.2 Å². The molecule has 2 aliphatic heterocycles. The van der Waals surface area contributed by atoms with Crippen LogP contribution in [0.4, 0.5) is 10.1 Å². The van der Waals surface area contributed by atoms with Crippen molar-refractivity contribution in [3.63, 3.8) is 0 Å². The van der Waals surface area contributed by atoms with Gasteiger partial charge in [-0.2, -0.15) is 0 Å². The Bertz CT molecular complexity index is 1080. The summed E-state index contributed by atoms with van der Waals surface area (Å²) in [6, 6.07) is 11.9. The van der Waals surface area contributed by atoms with Gasteiger partial charge in [-0.3, -0.25) is 14.4 Å². The Kier molecular flexibility index (Phi) is 5.28. The molecule has 1 aliphatic carbocycles. The Hall–Kier alpha value is -3.42. The van der Waals surface area contributed by atoms with Crippen LogP contribution in [-0.2, 0) is 11.3 Å². The predicted molar refractivity (Wildman–Crippen MR) is 117 cm³/mol. The molecule has 2 aromatic rings. The van der Waals surface area contributed by atoms with Gasteiger partial charge in [0.15, 0.2) is 0 Å². The third-order valence-corrected chi connectivity index (χ3v) is 6.36. The summed E-state index contributed by atoms with van der Waals surface area (Å²) in [7, 11) is 0. The van der Waals surface area contributed by atoms with E-state index in [0.29, 0.717) is 45.0 Å². The molecule has 0 spiro atoms. The molecule has 3 amide bonds. The van der Waals surface area contributed by atoms with E-state index in [0.717, 1.165) is 24.1 Å². The van der Waals surface area contributed by atoms with Crippen molar-refractivity contribution in [2.75, 3.05) is 37.7 Å². The lowest BCUT2D eigenvalue weighted by molar-refractivity contribution is -0.134. The first-order valence-corrected chi connectivity index (χ1v) is 11.0. The maximum absolute atomic E-state index is 14.6. The van der Waals surface area contributed by atoms with E-state index in [9.17, 15) is 18.8 Å². The fourth-order valence-electron chi connectivity index (χ4n) is 4.37. The van der Waals surface area contributed by atoms with Gasteiger partial charge in [-0.15, -0.1) is 0 Å². The molecular weight excluding hydrogens is 411 g/mol. The largest absolute Gasteiger partial charge is 0.349 e. The van der Waals surface area contributed by atoms with Gasteiger partial charge in [-0.1, -0.05) is 18.2 Å². The Labute approximate surface area is 185 Å². The zero-order chi connectivity index (χ0) is 22.2. The number of amides is 3. The Morgan fingerprint density at radius 3 is 2.47 bits per heavy atom. The minimum Gasteiger partial charge on any atom is -0.349 e. The number of carbonyl (C=O) groups excluding carboxylic acids is 3. The fourth-order valence-corrected chi connectivity index (χ4v) is 4.37. The Morgan fingerprint density at radius 1 is 1.00 bits per heavy atom. The first-order chi connectivity index (χ1) is 15.5. The smallest absolute Gasteiger partial charge is 0.256 e. The van der Waals surface area contributed by atoms with Crippen molar-refractivity contribution in [1.82, 2.24) is 15.1 Å². The maximum Gasteiger partial charge on any atom is 0.256 e. The first-order valence-electron chi connectivity index (χ1n) is 11.0. The van der Waals surface area contributed by atoms with Gasteiger partial charge in [0.05, 0.1) is 23.5 Å². The molecule has 1 N–H and O–H groups in total. The minimum absolute atomic E-state index is 0.0406. The molecule has 1 saturated carbocycles. The molecule has 8 heteroatoms. The fraction of sp³-hybridized carbons (Fsp3) is 0.375. The van der Waals surface area contributed by atoms with E-state index >= 15 is 0 Å². The van der Waals surface area contributed by atoms with E-state index in [1.807, 2.05) is 28.0 Å². The van der Waals surface area contributed by atoms with Crippen molar-refractivity contribution >= 4 is 23.4 Å². The van der Waals surface area contributed by atoms with Gasteiger partial charge in [0.25, 0.3) is 11.8 Å². The topological polar surface area (TPSA) is 73.0 Å². The molecule has 2 heterocycles. The number of nitrogens with one attached hydrogen (secondary N) is 1. The van der Waals surface area contributed by atoms with Crippen molar-refractivity contribution in [3.8, 4) is 0 Å². The number of anilines is 1. The summed E-state index contributed by atoms with van der Waals surface area (Å²) in [5, 5.41) is 2.84. The van der Waals surface area contributed by atoms with Crippen LogP contribution in [0.2, 0.25) is 0 Å². The monoisotopic (exact) mass is 436 g/mol. The highest BCUT2D eigenvalue weighted by Gasteiger charge is 2.35. The zero-order valence-corrected chi connectivity index (χ0v) is 17.7. The lowest BCUT2D eigenvalue weighted by Gasteiger charge is -2.35. The van der Waals surface area contributed by atoms with Crippen LogP contribution in [-0.4, -0.2) is 60.4 Å². The van der Waals surface area contributed by atoms with E-state index in [1.54, 1.807) is 23.1 Å². The average Bonchev–Trinajstić information content (AvgIpc) is 3.67. The van der Waals surface area contributed by atoms with Gasteiger partial charge in [0.2, 0.25) is 5.91 Å². The van der Waals surface area contributed by atoms with E-state index in [1.165, 1.54) is 6.07 Å². The van der Waals surface area contributed by atoms with Gasteiger partial charge in [0, 0.05) is 38.6 Å². The molecule has 166 valence electrons. The summed E-state index contributed by atoms with van der Waals surface area (Å²) in [6.45, 7) is 2.58. The molecule has 0 aromatic heterocycles. The molecule has 2 aromatic carbocycles. The number of piperazine rings is 1. The number of nitrogens with zero attached hydrogens (tertiary/aromatic N) is 3. The second kappa shape index (κ2) is 8.26. The lowest BCUT2D eigenvalue weighted by atomic mass is 10.1. The number of hydrogen-bond acceptors (Lipinski definition) is 4. The second-order valence-electron chi connectivity index (χ2n) is 8.59. The number of hydrogen-bond donors (Lipinski definition) is 1. The van der Waals surface area contributed by atoms with Crippen molar-refractivity contribution in [3.05, 3.63) is 65.0 Å². The van der Waals surface area contributed by atoms with Gasteiger partial charge in [-0.05, 0) is 42.7 Å². The van der Waals surface area contributed by atoms with Crippen LogP contribution >= 0.6 is 0 Å². The quantitative estimate of drug-likeness (QED) is 0.798.